The summed E-state index contributed by atoms with van der Waals surface area (Å²) in [5, 5.41) is 1.06. The summed E-state index contributed by atoms with van der Waals surface area (Å²) in [5.74, 6) is 1.22. The number of fused-ring (bicyclic) bond motifs is 1. The number of halogens is 2. The Morgan fingerprint density at radius 1 is 0.947 bits per heavy atom. The van der Waals surface area contributed by atoms with E-state index in [-0.39, 0.29) is 0 Å². The van der Waals surface area contributed by atoms with Crippen LogP contribution in [0.3, 0.4) is 0 Å². The van der Waals surface area contributed by atoms with Crippen LogP contribution in [0.1, 0.15) is 17.5 Å². The molecular weight excluding hydrogens is 281 g/mol. The molecular formula is C15H13Cl2NO. The van der Waals surface area contributed by atoms with Crippen molar-refractivity contribution in [2.45, 2.75) is 19.3 Å². The monoisotopic (exact) mass is 293 g/mol. The van der Waals surface area contributed by atoms with E-state index in [1.807, 2.05) is 12.1 Å². The molecule has 0 heterocycles. The van der Waals surface area contributed by atoms with Crippen molar-refractivity contribution in [3.8, 4) is 11.5 Å². The number of hydrogen-bond donors (Lipinski definition) is 1. The summed E-state index contributed by atoms with van der Waals surface area (Å²) in [7, 11) is 0. The highest BCUT2D eigenvalue weighted by molar-refractivity contribution is 6.35. The van der Waals surface area contributed by atoms with Gasteiger partial charge in [0.25, 0.3) is 0 Å². The largest absolute Gasteiger partial charge is 0.454 e. The van der Waals surface area contributed by atoms with E-state index >= 15 is 0 Å². The van der Waals surface area contributed by atoms with Crippen LogP contribution in [-0.4, -0.2) is 0 Å². The molecule has 2 aromatic carbocycles. The average Bonchev–Trinajstić information content (AvgIpc) is 2.80. The molecule has 0 fully saturated rings. The van der Waals surface area contributed by atoms with E-state index in [4.69, 9.17) is 33.7 Å². The van der Waals surface area contributed by atoms with Crippen LogP contribution in [0.15, 0.2) is 30.3 Å². The summed E-state index contributed by atoms with van der Waals surface area (Å²) in [5.41, 5.74) is 9.31. The van der Waals surface area contributed by atoms with Crippen molar-refractivity contribution in [1.82, 2.24) is 0 Å². The summed E-state index contributed by atoms with van der Waals surface area (Å²) < 4.78 is 5.80. The predicted molar refractivity (Wildman–Crippen MR) is 79.4 cm³/mol. The molecule has 0 saturated carbocycles. The summed E-state index contributed by atoms with van der Waals surface area (Å²) in [4.78, 5) is 0. The van der Waals surface area contributed by atoms with Gasteiger partial charge in [0.15, 0.2) is 5.75 Å². The zero-order valence-corrected chi connectivity index (χ0v) is 11.8. The summed E-state index contributed by atoms with van der Waals surface area (Å²) in [6.45, 7) is 0. The van der Waals surface area contributed by atoms with Crippen molar-refractivity contribution in [2.24, 2.45) is 0 Å². The van der Waals surface area contributed by atoms with E-state index in [9.17, 15) is 0 Å². The zero-order valence-electron chi connectivity index (χ0n) is 10.2. The van der Waals surface area contributed by atoms with Crippen molar-refractivity contribution in [3.63, 3.8) is 0 Å². The lowest BCUT2D eigenvalue weighted by Gasteiger charge is -2.12. The van der Waals surface area contributed by atoms with Crippen molar-refractivity contribution < 1.29 is 4.74 Å². The van der Waals surface area contributed by atoms with Crippen LogP contribution < -0.4 is 10.5 Å². The van der Waals surface area contributed by atoms with Gasteiger partial charge in [-0.05, 0) is 60.7 Å². The topological polar surface area (TPSA) is 35.2 Å². The molecule has 0 unspecified atom stereocenters. The van der Waals surface area contributed by atoms with Gasteiger partial charge in [-0.15, -0.1) is 0 Å². The Balaban J connectivity index is 1.95. The van der Waals surface area contributed by atoms with Crippen molar-refractivity contribution in [1.29, 1.82) is 0 Å². The minimum atomic E-state index is 0.479. The average molecular weight is 294 g/mol. The summed E-state index contributed by atoms with van der Waals surface area (Å²) in [6, 6.07) is 9.16. The smallest absolute Gasteiger partial charge is 0.150 e. The second-order valence-electron chi connectivity index (χ2n) is 4.69. The quantitative estimate of drug-likeness (QED) is 0.803. The zero-order chi connectivity index (χ0) is 13.4. The first-order valence-electron chi connectivity index (χ1n) is 6.17. The Hall–Kier alpha value is -1.38. The van der Waals surface area contributed by atoms with Gasteiger partial charge in [0.05, 0.1) is 10.7 Å². The minimum Gasteiger partial charge on any atom is -0.454 e. The number of benzene rings is 2. The molecule has 19 heavy (non-hydrogen) atoms. The number of anilines is 1. The molecule has 0 amide bonds. The van der Waals surface area contributed by atoms with Gasteiger partial charge in [0, 0.05) is 5.02 Å². The van der Waals surface area contributed by atoms with E-state index in [0.29, 0.717) is 27.2 Å². The highest BCUT2D eigenvalue weighted by atomic mass is 35.5. The maximum Gasteiger partial charge on any atom is 0.150 e. The fourth-order valence-electron chi connectivity index (χ4n) is 2.39. The third-order valence-electron chi connectivity index (χ3n) is 3.34. The third kappa shape index (κ3) is 2.51. The highest BCUT2D eigenvalue weighted by Crippen LogP contribution is 2.37. The molecule has 2 aromatic rings. The number of aryl methyl sites for hydroxylation is 2. The molecule has 1 aliphatic carbocycles. The van der Waals surface area contributed by atoms with Crippen molar-refractivity contribution in [2.75, 3.05) is 5.73 Å². The number of ether oxygens (including phenoxy) is 1. The number of nitrogen functional groups attached to an aromatic ring is 1. The van der Waals surface area contributed by atoms with Crippen molar-refractivity contribution >= 4 is 28.9 Å². The highest BCUT2D eigenvalue weighted by Gasteiger charge is 2.15. The maximum atomic E-state index is 6.10. The van der Waals surface area contributed by atoms with Gasteiger partial charge in [0.2, 0.25) is 0 Å². The molecule has 0 bridgehead atoms. The Labute approximate surface area is 122 Å². The molecule has 0 atom stereocenters. The molecule has 0 aliphatic heterocycles. The Morgan fingerprint density at radius 3 is 2.42 bits per heavy atom. The molecule has 0 aromatic heterocycles. The lowest BCUT2D eigenvalue weighted by Crippen LogP contribution is -1.95. The van der Waals surface area contributed by atoms with Crippen LogP contribution >= 0.6 is 23.2 Å². The van der Waals surface area contributed by atoms with E-state index in [1.165, 1.54) is 17.5 Å². The van der Waals surface area contributed by atoms with E-state index in [0.717, 1.165) is 12.8 Å². The third-order valence-corrected chi connectivity index (χ3v) is 3.87. The second kappa shape index (κ2) is 4.95. The van der Waals surface area contributed by atoms with Crippen LogP contribution in [0.2, 0.25) is 10.0 Å². The Kier molecular flexibility index (Phi) is 3.29. The lowest BCUT2D eigenvalue weighted by atomic mass is 10.1. The van der Waals surface area contributed by atoms with Crippen LogP contribution in [0, 0.1) is 0 Å². The first-order valence-corrected chi connectivity index (χ1v) is 6.93. The van der Waals surface area contributed by atoms with Gasteiger partial charge < -0.3 is 10.5 Å². The molecule has 2 N–H and O–H groups in total. The van der Waals surface area contributed by atoms with Crippen LogP contribution in [0.4, 0.5) is 5.69 Å². The Morgan fingerprint density at radius 2 is 1.68 bits per heavy atom. The van der Waals surface area contributed by atoms with Crippen LogP contribution in [-0.2, 0) is 12.8 Å². The lowest BCUT2D eigenvalue weighted by molar-refractivity contribution is 0.484. The van der Waals surface area contributed by atoms with Gasteiger partial charge >= 0.3 is 0 Å². The van der Waals surface area contributed by atoms with Gasteiger partial charge in [-0.2, -0.15) is 0 Å². The maximum absolute atomic E-state index is 6.10. The SMILES string of the molecule is Nc1cc2c(cc1Oc1ccc(Cl)cc1Cl)CCC2. The Bertz CT molecular complexity index is 640. The van der Waals surface area contributed by atoms with Crippen LogP contribution in [0.5, 0.6) is 11.5 Å². The first-order chi connectivity index (χ1) is 9.13. The number of rotatable bonds is 2. The van der Waals surface area contributed by atoms with E-state index in [2.05, 4.69) is 0 Å². The van der Waals surface area contributed by atoms with Crippen molar-refractivity contribution in [3.05, 3.63) is 51.5 Å². The van der Waals surface area contributed by atoms with E-state index in [1.54, 1.807) is 18.2 Å². The second-order valence-corrected chi connectivity index (χ2v) is 5.53. The molecule has 2 nitrogen and oxygen atoms in total. The number of hydrogen-bond acceptors (Lipinski definition) is 2. The molecule has 98 valence electrons. The predicted octanol–water partition coefficient (Wildman–Crippen LogP) is 4.86. The molecule has 3 rings (SSSR count). The van der Waals surface area contributed by atoms with Crippen LogP contribution in [0.25, 0.3) is 0 Å². The number of nitrogens with two attached hydrogens (primary N) is 1. The fourth-order valence-corrected chi connectivity index (χ4v) is 2.83. The summed E-state index contributed by atoms with van der Waals surface area (Å²) in [6.07, 6.45) is 3.36. The molecule has 0 radical (unpaired) electrons. The molecule has 0 spiro atoms. The first kappa shape index (κ1) is 12.6. The minimum absolute atomic E-state index is 0.479. The normalized spacial score (nSPS) is 13.4. The van der Waals surface area contributed by atoms with Gasteiger partial charge in [0.1, 0.15) is 5.75 Å². The van der Waals surface area contributed by atoms with E-state index < -0.39 is 0 Å². The van der Waals surface area contributed by atoms with Gasteiger partial charge in [-0.25, -0.2) is 0 Å². The molecule has 0 saturated heterocycles. The van der Waals surface area contributed by atoms with Gasteiger partial charge in [-0.1, -0.05) is 23.2 Å². The standard InChI is InChI=1S/C15H13Cl2NO/c16-11-4-5-14(12(17)8-11)19-15-7-10-3-1-2-9(10)6-13(15)18/h4-8H,1-3,18H2. The molecule has 1 aliphatic rings. The van der Waals surface area contributed by atoms with Gasteiger partial charge in [-0.3, -0.25) is 0 Å². The fraction of sp³-hybridized carbons (Fsp3) is 0.200. The summed E-state index contributed by atoms with van der Waals surface area (Å²) >= 11 is 12.0. The molecule has 4 heteroatoms.